The number of aliphatic hydroxyl groups excluding tert-OH is 2. The lowest BCUT2D eigenvalue weighted by molar-refractivity contribution is -0.181. The molecule has 0 radical (unpaired) electrons. The van der Waals surface area contributed by atoms with Gasteiger partial charge < -0.3 is 25.0 Å². The van der Waals surface area contributed by atoms with E-state index in [0.29, 0.717) is 12.0 Å². The Balaban J connectivity index is 2.57. The van der Waals surface area contributed by atoms with Gasteiger partial charge in [-0.25, -0.2) is 4.79 Å². The summed E-state index contributed by atoms with van der Waals surface area (Å²) in [5.41, 5.74) is -0.475. The van der Waals surface area contributed by atoms with E-state index in [9.17, 15) is 29.4 Å². The fourth-order valence-electron chi connectivity index (χ4n) is 3.90. The van der Waals surface area contributed by atoms with Crippen LogP contribution in [0.3, 0.4) is 0 Å². The number of fused-ring (bicyclic) bond motifs is 10. The summed E-state index contributed by atoms with van der Waals surface area (Å²) in [5, 5.41) is 23.1. The quantitative estimate of drug-likeness (QED) is 0.293. The fourth-order valence-corrected chi connectivity index (χ4v) is 3.90. The van der Waals surface area contributed by atoms with Gasteiger partial charge in [0.1, 0.15) is 11.5 Å². The molecule has 3 N–H and O–H groups in total. The third kappa shape index (κ3) is 6.30. The van der Waals surface area contributed by atoms with Crippen molar-refractivity contribution in [3.63, 3.8) is 0 Å². The molecule has 1 fully saturated rings. The van der Waals surface area contributed by atoms with Gasteiger partial charge in [-0.15, -0.1) is 0 Å². The number of carbonyl (C=O) groups excluding carboxylic acids is 4. The van der Waals surface area contributed by atoms with Gasteiger partial charge in [-0.1, -0.05) is 54.5 Å². The van der Waals surface area contributed by atoms with Crippen LogP contribution in [0.15, 0.2) is 47.6 Å². The molecule has 0 unspecified atom stereocenters. The second-order valence-electron chi connectivity index (χ2n) is 8.92. The Kier molecular flexibility index (Phi) is 9.12. The molecule has 2 heterocycles. The first-order valence-corrected chi connectivity index (χ1v) is 11.1. The van der Waals surface area contributed by atoms with Crippen molar-refractivity contribution in [3.05, 3.63) is 47.6 Å². The Morgan fingerprint density at radius 1 is 1.12 bits per heavy atom. The minimum absolute atomic E-state index is 0.0107. The molecular formula is C25H33NO8. The highest BCUT2D eigenvalue weighted by Gasteiger charge is 2.56. The van der Waals surface area contributed by atoms with Crippen molar-refractivity contribution in [2.24, 2.45) is 11.3 Å². The highest BCUT2D eigenvalue weighted by Crippen LogP contribution is 2.38. The first kappa shape index (κ1) is 27.2. The summed E-state index contributed by atoms with van der Waals surface area (Å²) >= 11 is 0. The number of hydrogen-bond acceptors (Lipinski definition) is 8. The lowest BCUT2D eigenvalue weighted by Crippen LogP contribution is -2.61. The van der Waals surface area contributed by atoms with Crippen molar-refractivity contribution >= 4 is 23.6 Å². The van der Waals surface area contributed by atoms with Crippen LogP contribution in [0.1, 0.15) is 40.5 Å². The molecule has 0 aromatic carbocycles. The predicted molar refractivity (Wildman–Crippen MR) is 123 cm³/mol. The third-order valence-electron chi connectivity index (χ3n) is 6.19. The average molecular weight is 476 g/mol. The Labute approximate surface area is 199 Å². The first-order valence-electron chi connectivity index (χ1n) is 11.1. The van der Waals surface area contributed by atoms with E-state index in [1.807, 2.05) is 13.0 Å². The van der Waals surface area contributed by atoms with Gasteiger partial charge in [0.25, 0.3) is 0 Å². The number of hydrogen-bond donors (Lipinski definition) is 3. The second kappa shape index (κ2) is 11.4. The SMILES string of the molecule is COC(=O)C(=O)N[C@@H]1/C=C(C)/C=C/[C@@H](O)C/C=C(C)/C=C/[C@@H](O)C[C@H]2OC(=O)[C@]1(C)C(=O)[C@@H]2C. The van der Waals surface area contributed by atoms with Crippen molar-refractivity contribution in [1.82, 2.24) is 5.32 Å². The standard InChI is InChI=1S/C25H33NO8/c1-14-6-9-17(27)10-8-15(2)12-20(26-22(30)23(31)33-5)25(4)21(29)16(3)19(34-24(25)32)13-18(28)11-7-14/h6-8,10-12,16-20,27-28H,9,13H2,1-5H3,(H,26,30)/b10-8+,11-7+,14-6+,15-12+/t16-,17+,18-,19-,20-,25+/m1/s1. The Morgan fingerprint density at radius 3 is 2.38 bits per heavy atom. The predicted octanol–water partition coefficient (Wildman–Crippen LogP) is 1.30. The third-order valence-corrected chi connectivity index (χ3v) is 6.19. The van der Waals surface area contributed by atoms with Gasteiger partial charge in [0, 0.05) is 6.42 Å². The van der Waals surface area contributed by atoms with Gasteiger partial charge in [0.05, 0.1) is 31.3 Å². The maximum absolute atomic E-state index is 13.5. The van der Waals surface area contributed by atoms with E-state index in [-0.39, 0.29) is 6.42 Å². The number of nitrogens with one attached hydrogen (secondary N) is 1. The summed E-state index contributed by atoms with van der Waals surface area (Å²) in [6, 6.07) is -1.23. The zero-order valence-electron chi connectivity index (χ0n) is 20.1. The van der Waals surface area contributed by atoms with Crippen LogP contribution in [-0.2, 0) is 28.7 Å². The van der Waals surface area contributed by atoms with Crippen LogP contribution in [0.25, 0.3) is 0 Å². The molecule has 9 heteroatoms. The monoisotopic (exact) mass is 475 g/mol. The molecule has 0 aromatic rings. The van der Waals surface area contributed by atoms with Crippen LogP contribution < -0.4 is 5.32 Å². The molecule has 3 rings (SSSR count). The molecule has 34 heavy (non-hydrogen) atoms. The maximum Gasteiger partial charge on any atom is 0.396 e. The normalized spacial score (nSPS) is 37.8. The van der Waals surface area contributed by atoms with E-state index in [2.05, 4.69) is 10.1 Å². The van der Waals surface area contributed by atoms with Gasteiger partial charge in [0.15, 0.2) is 5.78 Å². The molecule has 1 saturated heterocycles. The molecule has 3 aliphatic rings. The smallest absolute Gasteiger partial charge is 0.396 e. The summed E-state index contributed by atoms with van der Waals surface area (Å²) in [6.07, 6.45) is 7.33. The number of Topliss-reactive ketones (excluding diaryl/α,β-unsaturated/α-hetero) is 1. The topological polar surface area (TPSA) is 139 Å². The number of esters is 2. The molecule has 1 aliphatic carbocycles. The van der Waals surface area contributed by atoms with E-state index in [4.69, 9.17) is 4.74 Å². The van der Waals surface area contributed by atoms with Gasteiger partial charge in [0.2, 0.25) is 0 Å². The number of ether oxygens (including phenoxy) is 2. The molecule has 2 bridgehead atoms. The molecule has 0 spiro atoms. The summed E-state index contributed by atoms with van der Waals surface area (Å²) in [5.74, 6) is -4.44. The lowest BCUT2D eigenvalue weighted by atomic mass is 9.69. The Bertz CT molecular complexity index is 947. The molecule has 0 saturated carbocycles. The zero-order valence-corrected chi connectivity index (χ0v) is 20.1. The average Bonchev–Trinajstić information content (AvgIpc) is 2.80. The number of carbonyl (C=O) groups is 4. The highest BCUT2D eigenvalue weighted by molar-refractivity contribution is 6.32. The van der Waals surface area contributed by atoms with Crippen molar-refractivity contribution in [2.45, 2.75) is 64.9 Å². The number of rotatable bonds is 1. The van der Waals surface area contributed by atoms with Crippen LogP contribution in [0.5, 0.6) is 0 Å². The van der Waals surface area contributed by atoms with E-state index < -0.39 is 59.3 Å². The maximum atomic E-state index is 13.5. The molecule has 9 nitrogen and oxygen atoms in total. The van der Waals surface area contributed by atoms with Gasteiger partial charge in [-0.05, 0) is 27.2 Å². The molecule has 6 atom stereocenters. The summed E-state index contributed by atoms with van der Waals surface area (Å²) in [7, 11) is 1.04. The number of amides is 1. The van der Waals surface area contributed by atoms with Crippen LogP contribution in [0.4, 0.5) is 0 Å². The minimum Gasteiger partial charge on any atom is -0.462 e. The fraction of sp³-hybridized carbons (Fsp3) is 0.520. The second-order valence-corrected chi connectivity index (χ2v) is 8.92. The molecule has 0 aromatic heterocycles. The zero-order chi connectivity index (χ0) is 25.6. The first-order chi connectivity index (χ1) is 15.9. The molecule has 2 aliphatic heterocycles. The lowest BCUT2D eigenvalue weighted by Gasteiger charge is -2.42. The van der Waals surface area contributed by atoms with Crippen LogP contribution >= 0.6 is 0 Å². The molecule has 1 amide bonds. The van der Waals surface area contributed by atoms with Crippen LogP contribution in [-0.4, -0.2) is 65.3 Å². The van der Waals surface area contributed by atoms with Gasteiger partial charge in [-0.2, -0.15) is 0 Å². The van der Waals surface area contributed by atoms with E-state index >= 15 is 0 Å². The van der Waals surface area contributed by atoms with Crippen molar-refractivity contribution in [3.8, 4) is 0 Å². The molecule has 186 valence electrons. The van der Waals surface area contributed by atoms with Crippen LogP contribution in [0.2, 0.25) is 0 Å². The van der Waals surface area contributed by atoms with Crippen molar-refractivity contribution < 1.29 is 38.9 Å². The number of methoxy groups -OCH3 is 1. The Hall–Kier alpha value is -3.04. The number of aliphatic hydroxyl groups is 2. The summed E-state index contributed by atoms with van der Waals surface area (Å²) < 4.78 is 10.0. The molecular weight excluding hydrogens is 442 g/mol. The number of allylic oxidation sites excluding steroid dienone is 4. The van der Waals surface area contributed by atoms with E-state index in [1.54, 1.807) is 26.0 Å². The Morgan fingerprint density at radius 2 is 1.74 bits per heavy atom. The summed E-state index contributed by atoms with van der Waals surface area (Å²) in [6.45, 7) is 6.45. The minimum atomic E-state index is -1.83. The van der Waals surface area contributed by atoms with E-state index in [0.717, 1.165) is 12.7 Å². The van der Waals surface area contributed by atoms with Gasteiger partial charge >= 0.3 is 17.8 Å². The van der Waals surface area contributed by atoms with Crippen molar-refractivity contribution in [1.29, 1.82) is 0 Å². The van der Waals surface area contributed by atoms with E-state index in [1.165, 1.54) is 25.2 Å². The number of ketones is 1. The largest absolute Gasteiger partial charge is 0.462 e. The van der Waals surface area contributed by atoms with Gasteiger partial charge in [-0.3, -0.25) is 14.4 Å². The highest BCUT2D eigenvalue weighted by atomic mass is 16.6. The summed E-state index contributed by atoms with van der Waals surface area (Å²) in [4.78, 5) is 50.6. The van der Waals surface area contributed by atoms with Crippen molar-refractivity contribution in [2.75, 3.05) is 7.11 Å². The van der Waals surface area contributed by atoms with Crippen LogP contribution in [0, 0.1) is 11.3 Å².